The zero-order valence-electron chi connectivity index (χ0n) is 14.8. The van der Waals surface area contributed by atoms with E-state index in [1.54, 1.807) is 0 Å². The molecule has 1 N–H and O–H groups in total. The first-order valence-corrected chi connectivity index (χ1v) is 8.28. The lowest BCUT2D eigenvalue weighted by Gasteiger charge is -2.10. The summed E-state index contributed by atoms with van der Waals surface area (Å²) in [5.41, 5.74) is 4.97. The van der Waals surface area contributed by atoms with Gasteiger partial charge < -0.3 is 9.73 Å². The maximum absolute atomic E-state index is 5.83. The zero-order chi connectivity index (χ0) is 17.6. The summed E-state index contributed by atoms with van der Waals surface area (Å²) in [6, 6.07) is 14.2. The fraction of sp³-hybridized carbons (Fsp3) is 0.200. The zero-order valence-corrected chi connectivity index (χ0v) is 14.8. The molecule has 0 atom stereocenters. The van der Waals surface area contributed by atoms with Crippen molar-refractivity contribution in [3.05, 3.63) is 65.2 Å². The van der Waals surface area contributed by atoms with Crippen molar-refractivity contribution in [3.8, 4) is 11.5 Å². The third kappa shape index (κ3) is 2.78. The van der Waals surface area contributed by atoms with Gasteiger partial charge in [-0.3, -0.25) is 4.40 Å². The molecular formula is C20H20N4O. The highest BCUT2D eigenvalue weighted by Crippen LogP contribution is 2.32. The Kier molecular flexibility index (Phi) is 3.57. The van der Waals surface area contributed by atoms with Crippen LogP contribution in [0.2, 0.25) is 0 Å². The van der Waals surface area contributed by atoms with Crippen LogP contribution in [0, 0.1) is 27.7 Å². The topological polar surface area (TPSA) is 55.4 Å². The molecule has 0 aliphatic rings. The first-order valence-electron chi connectivity index (χ1n) is 8.28. The average molecular weight is 332 g/mol. The molecule has 25 heavy (non-hydrogen) atoms. The summed E-state index contributed by atoms with van der Waals surface area (Å²) >= 11 is 0. The molecule has 5 heteroatoms. The second-order valence-electron chi connectivity index (χ2n) is 6.39. The highest BCUT2D eigenvalue weighted by atomic mass is 16.3. The van der Waals surface area contributed by atoms with Crippen LogP contribution >= 0.6 is 0 Å². The molecule has 0 spiro atoms. The minimum atomic E-state index is 0.664. The van der Waals surface area contributed by atoms with E-state index in [4.69, 9.17) is 9.40 Å². The number of anilines is 2. The maximum atomic E-state index is 5.83. The fourth-order valence-electron chi connectivity index (χ4n) is 3.08. The predicted molar refractivity (Wildman–Crippen MR) is 99.4 cm³/mol. The lowest BCUT2D eigenvalue weighted by Crippen LogP contribution is -2.01. The Labute approximate surface area is 146 Å². The van der Waals surface area contributed by atoms with Crippen LogP contribution in [0.4, 0.5) is 11.5 Å². The van der Waals surface area contributed by atoms with Gasteiger partial charge in [0.05, 0.1) is 0 Å². The summed E-state index contributed by atoms with van der Waals surface area (Å²) in [6.07, 6.45) is 0. The largest absolute Gasteiger partial charge is 0.460 e. The van der Waals surface area contributed by atoms with Gasteiger partial charge in [-0.2, -0.15) is 0 Å². The van der Waals surface area contributed by atoms with E-state index in [-0.39, 0.29) is 0 Å². The van der Waals surface area contributed by atoms with Crippen molar-refractivity contribution in [2.75, 3.05) is 5.32 Å². The molecule has 0 radical (unpaired) electrons. The van der Waals surface area contributed by atoms with Crippen LogP contribution < -0.4 is 5.32 Å². The number of furan rings is 1. The monoisotopic (exact) mass is 332 g/mol. The number of fused-ring (bicyclic) bond motifs is 1. The van der Waals surface area contributed by atoms with E-state index in [9.17, 15) is 0 Å². The van der Waals surface area contributed by atoms with Gasteiger partial charge in [0, 0.05) is 17.1 Å². The Bertz CT molecular complexity index is 1070. The van der Waals surface area contributed by atoms with Crippen LogP contribution in [0.1, 0.15) is 22.7 Å². The van der Waals surface area contributed by atoms with Crippen LogP contribution in [0.25, 0.3) is 17.2 Å². The van der Waals surface area contributed by atoms with Crippen LogP contribution in [-0.2, 0) is 0 Å². The molecule has 5 nitrogen and oxygen atoms in total. The highest BCUT2D eigenvalue weighted by molar-refractivity contribution is 5.77. The van der Waals surface area contributed by atoms with E-state index in [2.05, 4.69) is 36.3 Å². The standard InChI is InChI=1S/C20H20N4O/c1-12-6-5-7-16(10-12)22-19-18(17-9-8-15(4)25-17)23-20-21-13(2)11-14(3)24(19)20/h5-11,22H,1-4H3. The van der Waals surface area contributed by atoms with Gasteiger partial charge in [-0.1, -0.05) is 12.1 Å². The van der Waals surface area contributed by atoms with Gasteiger partial charge in [-0.15, -0.1) is 0 Å². The molecule has 1 aromatic carbocycles. The van der Waals surface area contributed by atoms with Crippen molar-refractivity contribution in [2.45, 2.75) is 27.7 Å². The van der Waals surface area contributed by atoms with Crippen molar-refractivity contribution < 1.29 is 4.42 Å². The number of aryl methyl sites for hydroxylation is 4. The molecule has 0 fully saturated rings. The van der Waals surface area contributed by atoms with Gasteiger partial charge >= 0.3 is 0 Å². The second kappa shape index (κ2) is 5.77. The Morgan fingerprint density at radius 2 is 1.80 bits per heavy atom. The van der Waals surface area contributed by atoms with Crippen LogP contribution in [-0.4, -0.2) is 14.4 Å². The van der Waals surface area contributed by atoms with E-state index in [0.29, 0.717) is 5.78 Å². The Morgan fingerprint density at radius 3 is 2.52 bits per heavy atom. The summed E-state index contributed by atoms with van der Waals surface area (Å²) < 4.78 is 7.86. The third-order valence-corrected chi connectivity index (χ3v) is 4.16. The third-order valence-electron chi connectivity index (χ3n) is 4.16. The summed E-state index contributed by atoms with van der Waals surface area (Å²) in [4.78, 5) is 9.31. The normalized spacial score (nSPS) is 11.2. The SMILES string of the molecule is Cc1cccc(Nc2c(-c3ccc(C)o3)nc3nc(C)cc(C)n23)c1. The fourth-order valence-corrected chi connectivity index (χ4v) is 3.08. The van der Waals surface area contributed by atoms with Gasteiger partial charge in [-0.25, -0.2) is 9.97 Å². The van der Waals surface area contributed by atoms with E-state index >= 15 is 0 Å². The van der Waals surface area contributed by atoms with Gasteiger partial charge in [0.25, 0.3) is 0 Å². The van der Waals surface area contributed by atoms with Crippen molar-refractivity contribution in [2.24, 2.45) is 0 Å². The Morgan fingerprint density at radius 1 is 0.960 bits per heavy atom. The van der Waals surface area contributed by atoms with Gasteiger partial charge in [0.2, 0.25) is 5.78 Å². The lowest BCUT2D eigenvalue weighted by molar-refractivity contribution is 0.547. The summed E-state index contributed by atoms with van der Waals surface area (Å²) in [5, 5.41) is 3.50. The first kappa shape index (κ1) is 15.4. The van der Waals surface area contributed by atoms with Gasteiger partial charge in [-0.05, 0) is 63.6 Å². The molecule has 3 heterocycles. The molecule has 126 valence electrons. The molecule has 0 amide bonds. The predicted octanol–water partition coefficient (Wildman–Crippen LogP) is 4.97. The molecule has 0 aliphatic carbocycles. The van der Waals surface area contributed by atoms with E-state index in [1.165, 1.54) is 5.56 Å². The molecule has 0 saturated heterocycles. The number of nitrogens with zero attached hydrogens (tertiary/aromatic N) is 3. The molecule has 0 aliphatic heterocycles. The molecule has 0 bridgehead atoms. The van der Waals surface area contributed by atoms with Gasteiger partial charge in [0.15, 0.2) is 11.5 Å². The summed E-state index contributed by atoms with van der Waals surface area (Å²) in [5.74, 6) is 3.11. The number of hydrogen-bond acceptors (Lipinski definition) is 4. The molecular weight excluding hydrogens is 312 g/mol. The summed E-state index contributed by atoms with van der Waals surface area (Å²) in [6.45, 7) is 8.04. The van der Waals surface area contributed by atoms with Crippen LogP contribution in [0.15, 0.2) is 46.9 Å². The minimum absolute atomic E-state index is 0.664. The molecule has 4 aromatic rings. The second-order valence-corrected chi connectivity index (χ2v) is 6.39. The smallest absolute Gasteiger partial charge is 0.236 e. The molecule has 0 unspecified atom stereocenters. The number of imidazole rings is 1. The van der Waals surface area contributed by atoms with E-state index < -0.39 is 0 Å². The number of nitrogens with one attached hydrogen (secondary N) is 1. The van der Waals surface area contributed by atoms with Crippen molar-refractivity contribution in [3.63, 3.8) is 0 Å². The summed E-state index contributed by atoms with van der Waals surface area (Å²) in [7, 11) is 0. The number of aromatic nitrogens is 3. The van der Waals surface area contributed by atoms with Crippen molar-refractivity contribution >= 4 is 17.3 Å². The van der Waals surface area contributed by atoms with Crippen molar-refractivity contribution in [1.82, 2.24) is 14.4 Å². The Hall–Kier alpha value is -3.08. The average Bonchev–Trinajstić information content (AvgIpc) is 3.11. The minimum Gasteiger partial charge on any atom is -0.460 e. The first-order chi connectivity index (χ1) is 12.0. The van der Waals surface area contributed by atoms with Crippen molar-refractivity contribution in [1.29, 1.82) is 0 Å². The molecule has 4 rings (SSSR count). The molecule has 3 aromatic heterocycles. The van der Waals surface area contributed by atoms with E-state index in [0.717, 1.165) is 40.1 Å². The lowest BCUT2D eigenvalue weighted by atomic mass is 10.2. The van der Waals surface area contributed by atoms with Crippen LogP contribution in [0.3, 0.4) is 0 Å². The quantitative estimate of drug-likeness (QED) is 0.576. The Balaban J connectivity index is 1.95. The highest BCUT2D eigenvalue weighted by Gasteiger charge is 2.19. The van der Waals surface area contributed by atoms with Crippen LogP contribution in [0.5, 0.6) is 0 Å². The van der Waals surface area contributed by atoms with E-state index in [1.807, 2.05) is 48.6 Å². The number of rotatable bonds is 3. The molecule has 0 saturated carbocycles. The maximum Gasteiger partial charge on any atom is 0.236 e. The number of benzene rings is 1. The number of hydrogen-bond donors (Lipinski definition) is 1. The van der Waals surface area contributed by atoms with Gasteiger partial charge in [0.1, 0.15) is 11.6 Å².